The smallest absolute Gasteiger partial charge is 0.488 e. The van der Waals surface area contributed by atoms with E-state index < -0.39 is 18.8 Å². The number of benzene rings is 6. The zero-order chi connectivity index (χ0) is 71.5. The van der Waals surface area contributed by atoms with Crippen LogP contribution in [-0.4, -0.2) is 117 Å². The Morgan fingerprint density at radius 1 is 0.410 bits per heavy atom. The van der Waals surface area contributed by atoms with Crippen LogP contribution >= 0.6 is 50.7 Å². The number of hydrogen-bond donors (Lipinski definition) is 3. The lowest BCUT2D eigenvalue weighted by atomic mass is 9.80. The van der Waals surface area contributed by atoms with Gasteiger partial charge in [0.05, 0.1) is 104 Å². The van der Waals surface area contributed by atoms with Crippen LogP contribution in [0.3, 0.4) is 0 Å². The van der Waals surface area contributed by atoms with Gasteiger partial charge in [-0.2, -0.15) is 0 Å². The maximum atomic E-state index is 13.7. The molecular weight excluding hydrogens is 1410 g/mol. The second-order valence-electron chi connectivity index (χ2n) is 21.5. The van der Waals surface area contributed by atoms with E-state index >= 15 is 0 Å². The largest absolute Gasteiger partial charge is 0.494 e. The van der Waals surface area contributed by atoms with Gasteiger partial charge in [0, 0.05) is 75.4 Å². The number of nitrogens with zero attached hydrogens (tertiary/aromatic N) is 6. The molecule has 14 aromatic rings. The van der Waals surface area contributed by atoms with Crippen molar-refractivity contribution >= 4 is 123 Å². The molecule has 0 atom stereocenters. The topological polar surface area (TPSA) is 219 Å². The summed E-state index contributed by atoms with van der Waals surface area (Å²) in [7, 11) is 14.5. The van der Waals surface area contributed by atoms with Gasteiger partial charge in [-0.25, -0.2) is 28.7 Å². The summed E-state index contributed by atoms with van der Waals surface area (Å²) in [5.74, 6) is 6.19. The number of aromatic nitrogens is 6. The molecule has 0 saturated heterocycles. The number of nitrogens with two attached hydrogens (primary N) is 1. The third-order valence-electron chi connectivity index (χ3n) is 15.8. The Morgan fingerprint density at radius 3 is 1.26 bits per heavy atom. The fraction of sp³-hybridized carbons (Fsp3) is 0.135. The highest BCUT2D eigenvalue weighted by molar-refractivity contribution is 9.10. The lowest BCUT2D eigenvalue weighted by molar-refractivity contribution is 0.356. The molecule has 0 aliphatic rings. The van der Waals surface area contributed by atoms with Gasteiger partial charge in [0.1, 0.15) is 38.7 Å². The fourth-order valence-electron chi connectivity index (χ4n) is 10.8. The van der Waals surface area contributed by atoms with Crippen LogP contribution in [0.1, 0.15) is 0 Å². The van der Waals surface area contributed by atoms with Gasteiger partial charge in [-0.1, -0.05) is 40.9 Å². The Balaban J connectivity index is 0.000000143. The number of rotatable bonds is 14. The molecule has 6 aromatic carbocycles. The van der Waals surface area contributed by atoms with Gasteiger partial charge in [0.25, 0.3) is 0 Å². The predicted octanol–water partition coefficient (Wildman–Crippen LogP) is 16.5. The number of hydrogen-bond acceptors (Lipinski definition) is 17. The molecule has 0 bridgehead atoms. The molecular formula is C74H64BBrCl3F2N7O12. The molecule has 8 heterocycles. The molecule has 0 aliphatic carbocycles. The molecule has 0 saturated carbocycles. The van der Waals surface area contributed by atoms with Crippen LogP contribution in [-0.2, 0) is 0 Å². The van der Waals surface area contributed by atoms with Crippen LogP contribution in [0.2, 0.25) is 15.2 Å². The molecule has 0 unspecified atom stereocenters. The molecule has 4 N–H and O–H groups in total. The minimum atomic E-state index is -1.60. The van der Waals surface area contributed by atoms with Crippen LogP contribution in [0.15, 0.2) is 187 Å². The van der Waals surface area contributed by atoms with Crippen molar-refractivity contribution in [3.63, 3.8) is 0 Å². The second kappa shape index (κ2) is 32.4. The van der Waals surface area contributed by atoms with E-state index in [1.807, 2.05) is 114 Å². The van der Waals surface area contributed by atoms with Crippen molar-refractivity contribution in [2.45, 2.75) is 0 Å². The monoisotopic (exact) mass is 1480 g/mol. The van der Waals surface area contributed by atoms with E-state index in [4.69, 9.17) is 103 Å². The summed E-state index contributed by atoms with van der Waals surface area (Å²) in [5, 5.41) is 25.5. The molecule has 100 heavy (non-hydrogen) atoms. The van der Waals surface area contributed by atoms with Gasteiger partial charge in [-0.3, -0.25) is 0 Å². The third kappa shape index (κ3) is 15.8. The van der Waals surface area contributed by atoms with Gasteiger partial charge in [-0.05, 0) is 182 Å². The number of ether oxygens (including phenoxy) is 10. The summed E-state index contributed by atoms with van der Waals surface area (Å²) in [6, 6.07) is 43.0. The average molecular weight is 1480 g/mol. The van der Waals surface area contributed by atoms with E-state index in [1.165, 1.54) is 18.2 Å². The first kappa shape index (κ1) is 72.2. The Morgan fingerprint density at radius 2 is 0.810 bits per heavy atom. The van der Waals surface area contributed by atoms with E-state index in [0.29, 0.717) is 78.6 Å². The van der Waals surface area contributed by atoms with E-state index in [0.717, 1.165) is 88.5 Å². The van der Waals surface area contributed by atoms with Crippen LogP contribution in [0.5, 0.6) is 57.5 Å². The summed E-state index contributed by atoms with van der Waals surface area (Å²) < 4.78 is 84.3. The number of fused-ring (bicyclic) bond motifs is 8. The highest BCUT2D eigenvalue weighted by atomic mass is 79.9. The molecule has 8 aromatic heterocycles. The van der Waals surface area contributed by atoms with Crippen LogP contribution in [0.4, 0.5) is 14.6 Å². The van der Waals surface area contributed by atoms with E-state index in [9.17, 15) is 8.78 Å². The summed E-state index contributed by atoms with van der Waals surface area (Å²) >= 11 is 20.8. The number of anilines is 1. The van der Waals surface area contributed by atoms with Crippen molar-refractivity contribution in [1.29, 1.82) is 0 Å². The van der Waals surface area contributed by atoms with E-state index in [-0.39, 0.29) is 15.5 Å². The number of nitrogen functional groups attached to an aromatic ring is 1. The Labute approximate surface area is 596 Å². The van der Waals surface area contributed by atoms with Crippen molar-refractivity contribution in [2.75, 3.05) is 76.8 Å². The quantitative estimate of drug-likeness (QED) is 0.0681. The molecule has 0 fully saturated rings. The van der Waals surface area contributed by atoms with E-state index in [2.05, 4.69) is 59.7 Å². The van der Waals surface area contributed by atoms with Gasteiger partial charge >= 0.3 is 7.12 Å². The average Bonchev–Trinajstić information content (AvgIpc) is 1.59. The summed E-state index contributed by atoms with van der Waals surface area (Å²) in [4.78, 5) is 17.4. The zero-order valence-corrected chi connectivity index (χ0v) is 59.3. The van der Waals surface area contributed by atoms with Crippen LogP contribution in [0, 0.1) is 11.6 Å². The van der Waals surface area contributed by atoms with Crippen molar-refractivity contribution in [3.8, 4) is 91.3 Å². The van der Waals surface area contributed by atoms with Crippen molar-refractivity contribution in [3.05, 3.63) is 214 Å². The van der Waals surface area contributed by atoms with Crippen molar-refractivity contribution in [2.24, 2.45) is 0 Å². The lowest BCUT2D eigenvalue weighted by Gasteiger charge is -2.10. The second-order valence-corrected chi connectivity index (χ2v) is 23.5. The molecule has 19 nitrogen and oxygen atoms in total. The van der Waals surface area contributed by atoms with Crippen LogP contribution < -0.4 is 58.6 Å². The Bertz CT molecular complexity index is 5210. The Hall–Kier alpha value is -10.5. The molecule has 0 aliphatic heterocycles. The standard InChI is InChI=1S/C26H20ClFN2O3.C20H17BrN2O3.C11H10ClNO2.C11H12N2O2.C6H5BClFO2/c1-31-23-7-6-21(29-26(23)16-4-5-20(28)19(27)10-16)17-11-22-18-13-25(33-3)24(32-2)12-15(18)8-9-30(22)14-17;1-24-17-5-4-15(22-20(17)21)13-8-16-14-10-19(26-3)18(25-2)9-12(14)6-7-23(16)11-13;2*1-14-9-5-7-3-4-13-11(12)8(7)6-10(9)15-2;8-5-3-4(7(10)11)1-2-6(5)9/h4-14H,1-3H3;4-11H,1-3H3;3-6H,1-2H3;3-6H,1-2H3,(H2,12,13);1-3,10-11H. The van der Waals surface area contributed by atoms with Crippen LogP contribution in [0.25, 0.3) is 87.9 Å². The van der Waals surface area contributed by atoms with Gasteiger partial charge < -0.3 is 72.0 Å². The maximum Gasteiger partial charge on any atom is 0.488 e. The first-order chi connectivity index (χ1) is 48.3. The number of pyridine rings is 6. The lowest BCUT2D eigenvalue weighted by Crippen LogP contribution is -2.29. The minimum absolute atomic E-state index is 0.0345. The molecule has 0 radical (unpaired) electrons. The normalized spacial score (nSPS) is 10.7. The Kier molecular flexibility index (Phi) is 23.4. The SMILES string of the molecule is COc1cc2ccn3cc(-c4ccc(OC)c(-c5ccc(F)c(Cl)c5)n4)cc3c2cc1OC.COc1cc2ccn3cc(-c4ccc(OC)c(Br)n4)cc3c2cc1OC.COc1cc2ccnc(Cl)c2cc1OC.COc1cc2ccnc(N)c2cc1OC.OB(O)c1ccc(F)c(Cl)c1. The molecule has 0 spiro atoms. The summed E-state index contributed by atoms with van der Waals surface area (Å²) in [6.45, 7) is 0. The zero-order valence-electron chi connectivity index (χ0n) is 55.4. The minimum Gasteiger partial charge on any atom is -0.494 e. The molecule has 14 rings (SSSR count). The predicted molar refractivity (Wildman–Crippen MR) is 394 cm³/mol. The van der Waals surface area contributed by atoms with Gasteiger partial charge in [0.2, 0.25) is 0 Å². The first-order valence-corrected chi connectivity index (χ1v) is 32.0. The fourth-order valence-corrected chi connectivity index (χ4v) is 11.8. The molecule has 0 amide bonds. The molecule has 512 valence electrons. The molecule has 26 heteroatoms. The highest BCUT2D eigenvalue weighted by Crippen LogP contribution is 2.41. The number of halogens is 6. The third-order valence-corrected chi connectivity index (χ3v) is 17.3. The summed E-state index contributed by atoms with van der Waals surface area (Å²) in [5.41, 5.74) is 12.9. The van der Waals surface area contributed by atoms with Crippen molar-refractivity contribution in [1.82, 2.24) is 28.7 Å². The maximum absolute atomic E-state index is 13.7. The summed E-state index contributed by atoms with van der Waals surface area (Å²) in [6.07, 6.45) is 11.4. The highest BCUT2D eigenvalue weighted by Gasteiger charge is 2.19. The number of methoxy groups -OCH3 is 10. The van der Waals surface area contributed by atoms with E-state index in [1.54, 1.807) is 95.6 Å². The first-order valence-electron chi connectivity index (χ1n) is 30.1. The van der Waals surface area contributed by atoms with Gasteiger partial charge in [0.15, 0.2) is 51.7 Å². The van der Waals surface area contributed by atoms with Crippen molar-refractivity contribution < 1.29 is 66.2 Å². The van der Waals surface area contributed by atoms with Gasteiger partial charge in [-0.15, -0.1) is 0 Å².